The summed E-state index contributed by atoms with van der Waals surface area (Å²) in [5.41, 5.74) is 3.60. The molecule has 0 spiro atoms. The fourth-order valence-corrected chi connectivity index (χ4v) is 4.71. The van der Waals surface area contributed by atoms with Gasteiger partial charge >= 0.3 is 0 Å². The van der Waals surface area contributed by atoms with E-state index in [2.05, 4.69) is 90.1 Å². The molecule has 0 aliphatic heterocycles. The van der Waals surface area contributed by atoms with Gasteiger partial charge in [-0.3, -0.25) is 0 Å². The molecule has 0 unspecified atom stereocenters. The Morgan fingerprint density at radius 1 is 0.565 bits per heavy atom. The van der Waals surface area contributed by atoms with Crippen LogP contribution in [0.1, 0.15) is 52.7 Å². The van der Waals surface area contributed by atoms with Crippen molar-refractivity contribution >= 4 is 21.5 Å². The van der Waals surface area contributed by atoms with E-state index in [0.717, 1.165) is 0 Å². The predicted octanol–water partition coefficient (Wildman–Crippen LogP) is 6.59. The molecule has 118 valence electrons. The zero-order valence-corrected chi connectivity index (χ0v) is 15.1. The lowest BCUT2D eigenvalue weighted by atomic mass is 9.59. The Balaban J connectivity index is 2.20. The largest absolute Gasteiger partial charge is 0.0616 e. The van der Waals surface area contributed by atoms with Crippen LogP contribution in [0.25, 0.3) is 21.5 Å². The van der Waals surface area contributed by atoms with Gasteiger partial charge in [0.25, 0.3) is 0 Å². The van der Waals surface area contributed by atoms with E-state index >= 15 is 0 Å². The van der Waals surface area contributed by atoms with Gasteiger partial charge in [0, 0.05) is 0 Å². The topological polar surface area (TPSA) is 0 Å². The molecule has 3 aromatic rings. The van der Waals surface area contributed by atoms with Crippen LogP contribution < -0.4 is 0 Å². The third-order valence-electron chi connectivity index (χ3n) is 7.35. The zero-order chi connectivity index (χ0) is 16.6. The van der Waals surface area contributed by atoms with E-state index in [4.69, 9.17) is 0 Å². The molecule has 1 aliphatic carbocycles. The fourth-order valence-electron chi connectivity index (χ4n) is 4.71. The first-order chi connectivity index (χ1) is 10.7. The van der Waals surface area contributed by atoms with Crippen molar-refractivity contribution in [2.75, 3.05) is 0 Å². The molecule has 0 aromatic heterocycles. The molecule has 0 radical (unpaired) electrons. The van der Waals surface area contributed by atoms with Gasteiger partial charge in [0.15, 0.2) is 0 Å². The second-order valence-corrected chi connectivity index (χ2v) is 8.74. The lowest BCUT2D eigenvalue weighted by Gasteiger charge is -2.44. The normalized spacial score (nSPS) is 20.8. The van der Waals surface area contributed by atoms with Crippen molar-refractivity contribution in [2.24, 2.45) is 5.41 Å². The van der Waals surface area contributed by atoms with Crippen molar-refractivity contribution in [1.82, 2.24) is 0 Å². The highest BCUT2D eigenvalue weighted by molar-refractivity contribution is 6.09. The zero-order valence-electron chi connectivity index (χ0n) is 15.1. The minimum atomic E-state index is 0.147. The van der Waals surface area contributed by atoms with E-state index < -0.39 is 0 Å². The molecule has 0 atom stereocenters. The van der Waals surface area contributed by atoms with Gasteiger partial charge < -0.3 is 0 Å². The van der Waals surface area contributed by atoms with Crippen LogP contribution in [0.15, 0.2) is 48.5 Å². The SMILES string of the molecule is CC1(C)c2ccc3c(ccc4ccccc43)c2C(C)(C)C1(C)C. The van der Waals surface area contributed by atoms with Crippen molar-refractivity contribution in [3.63, 3.8) is 0 Å². The molecule has 0 fully saturated rings. The molecule has 0 bridgehead atoms. The van der Waals surface area contributed by atoms with Crippen LogP contribution in [0.5, 0.6) is 0 Å². The molecular weight excluding hydrogens is 276 g/mol. The van der Waals surface area contributed by atoms with Gasteiger partial charge in [-0.05, 0) is 48.9 Å². The molecular formula is C23H26. The summed E-state index contributed by atoms with van der Waals surface area (Å²) < 4.78 is 0. The third kappa shape index (κ3) is 1.57. The van der Waals surface area contributed by atoms with E-state index in [1.165, 1.54) is 27.1 Å². The van der Waals surface area contributed by atoms with Crippen molar-refractivity contribution in [3.05, 3.63) is 59.7 Å². The van der Waals surface area contributed by atoms with Crippen LogP contribution in [-0.2, 0) is 10.8 Å². The second-order valence-electron chi connectivity index (χ2n) is 8.74. The molecule has 0 saturated heterocycles. The molecule has 0 nitrogen and oxygen atoms in total. The highest BCUT2D eigenvalue weighted by Gasteiger charge is 2.57. The van der Waals surface area contributed by atoms with Gasteiger partial charge in [-0.1, -0.05) is 90.1 Å². The molecule has 4 rings (SSSR count). The van der Waals surface area contributed by atoms with Crippen molar-refractivity contribution in [2.45, 2.75) is 52.4 Å². The lowest BCUT2D eigenvalue weighted by Crippen LogP contribution is -2.42. The molecule has 0 N–H and O–H groups in total. The smallest absolute Gasteiger partial charge is 0.00350 e. The van der Waals surface area contributed by atoms with E-state index in [1.807, 2.05) is 0 Å². The Morgan fingerprint density at radius 3 is 1.96 bits per heavy atom. The summed E-state index contributed by atoms with van der Waals surface area (Å²) in [5, 5.41) is 5.52. The van der Waals surface area contributed by atoms with Crippen LogP contribution in [0.4, 0.5) is 0 Å². The van der Waals surface area contributed by atoms with Gasteiger partial charge in [-0.25, -0.2) is 0 Å². The van der Waals surface area contributed by atoms with Gasteiger partial charge in [0.05, 0.1) is 0 Å². The van der Waals surface area contributed by atoms with Crippen LogP contribution >= 0.6 is 0 Å². The molecule has 0 saturated carbocycles. The van der Waals surface area contributed by atoms with E-state index in [9.17, 15) is 0 Å². The molecule has 0 heteroatoms. The Bertz CT molecular complexity index is 939. The molecule has 1 aliphatic rings. The summed E-state index contributed by atoms with van der Waals surface area (Å²) in [5.74, 6) is 0. The first-order valence-corrected chi connectivity index (χ1v) is 8.65. The van der Waals surface area contributed by atoms with Gasteiger partial charge in [-0.2, -0.15) is 0 Å². The van der Waals surface area contributed by atoms with Gasteiger partial charge in [0.2, 0.25) is 0 Å². The summed E-state index contributed by atoms with van der Waals surface area (Å²) in [4.78, 5) is 0. The summed E-state index contributed by atoms with van der Waals surface area (Å²) in [6.45, 7) is 14.5. The average molecular weight is 302 g/mol. The summed E-state index contributed by atoms with van der Waals surface area (Å²) >= 11 is 0. The first kappa shape index (κ1) is 14.8. The number of hydrogen-bond acceptors (Lipinski definition) is 0. The fraction of sp³-hybridized carbons (Fsp3) is 0.391. The second kappa shape index (κ2) is 4.17. The highest BCUT2D eigenvalue weighted by atomic mass is 14.6. The first-order valence-electron chi connectivity index (χ1n) is 8.65. The predicted molar refractivity (Wildman–Crippen MR) is 101 cm³/mol. The van der Waals surface area contributed by atoms with Gasteiger partial charge in [0.1, 0.15) is 0 Å². The van der Waals surface area contributed by atoms with Crippen molar-refractivity contribution in [1.29, 1.82) is 0 Å². The molecule has 3 aromatic carbocycles. The maximum absolute atomic E-state index is 2.43. The summed E-state index contributed by atoms with van der Waals surface area (Å²) in [6.07, 6.45) is 0. The number of fused-ring (bicyclic) bond motifs is 5. The molecule has 0 amide bonds. The number of rotatable bonds is 0. The highest BCUT2D eigenvalue weighted by Crippen LogP contribution is 2.62. The standard InChI is InChI=1S/C23H26/c1-21(2)19-14-13-17-16-10-8-7-9-15(16)11-12-18(17)20(19)22(3,4)23(21,5)6/h7-14H,1-6H3. The van der Waals surface area contributed by atoms with Crippen LogP contribution in [0.3, 0.4) is 0 Å². The quantitative estimate of drug-likeness (QED) is 0.411. The Hall–Kier alpha value is -1.82. The monoisotopic (exact) mass is 302 g/mol. The van der Waals surface area contributed by atoms with Crippen LogP contribution in [0, 0.1) is 5.41 Å². The maximum Gasteiger partial charge on any atom is -0.00350 e. The molecule has 0 heterocycles. The van der Waals surface area contributed by atoms with E-state index in [0.29, 0.717) is 0 Å². The Morgan fingerprint density at radius 2 is 1.22 bits per heavy atom. The van der Waals surface area contributed by atoms with E-state index in [-0.39, 0.29) is 16.2 Å². The molecule has 23 heavy (non-hydrogen) atoms. The Kier molecular flexibility index (Phi) is 2.68. The van der Waals surface area contributed by atoms with Crippen molar-refractivity contribution in [3.8, 4) is 0 Å². The maximum atomic E-state index is 2.43. The lowest BCUT2D eigenvalue weighted by molar-refractivity contribution is 0.125. The van der Waals surface area contributed by atoms with Crippen molar-refractivity contribution < 1.29 is 0 Å². The number of hydrogen-bond donors (Lipinski definition) is 0. The van der Waals surface area contributed by atoms with Crippen LogP contribution in [0.2, 0.25) is 0 Å². The Labute approximate surface area is 139 Å². The van der Waals surface area contributed by atoms with Gasteiger partial charge in [-0.15, -0.1) is 0 Å². The third-order valence-corrected chi connectivity index (χ3v) is 7.35. The summed E-state index contributed by atoms with van der Waals surface area (Å²) in [7, 11) is 0. The number of benzene rings is 3. The van der Waals surface area contributed by atoms with E-state index in [1.54, 1.807) is 5.56 Å². The summed E-state index contributed by atoms with van der Waals surface area (Å²) in [6, 6.07) is 18.1. The average Bonchev–Trinajstić information content (AvgIpc) is 2.62. The van der Waals surface area contributed by atoms with Crippen LogP contribution in [-0.4, -0.2) is 0 Å². The minimum absolute atomic E-state index is 0.147. The minimum Gasteiger partial charge on any atom is -0.0616 e.